The number of carbonyl (C=O) groups is 1. The van der Waals surface area contributed by atoms with Gasteiger partial charge in [-0.3, -0.25) is 4.79 Å². The van der Waals surface area contributed by atoms with Crippen LogP contribution in [0.15, 0.2) is 0 Å². The molecule has 1 atom stereocenters. The minimum absolute atomic E-state index is 0.144. The molecule has 0 aromatic rings. The highest BCUT2D eigenvalue weighted by atomic mass is 32.2. The molecule has 0 aliphatic heterocycles. The van der Waals surface area contributed by atoms with E-state index < -0.39 is 26.8 Å². The van der Waals surface area contributed by atoms with Crippen molar-refractivity contribution in [1.82, 2.24) is 4.72 Å². The molecule has 0 rings (SSSR count). The van der Waals surface area contributed by atoms with E-state index in [9.17, 15) is 13.2 Å². The van der Waals surface area contributed by atoms with E-state index in [0.717, 1.165) is 6.92 Å². The molecule has 0 radical (unpaired) electrons. The van der Waals surface area contributed by atoms with Gasteiger partial charge in [-0.1, -0.05) is 13.8 Å². The van der Waals surface area contributed by atoms with Crippen molar-refractivity contribution in [1.29, 1.82) is 0 Å². The van der Waals surface area contributed by atoms with Crippen LogP contribution in [0.25, 0.3) is 0 Å². The Balaban J connectivity index is 5.01. The van der Waals surface area contributed by atoms with Crippen molar-refractivity contribution in [2.24, 2.45) is 5.73 Å². The molecule has 16 heavy (non-hydrogen) atoms. The molecule has 1 unspecified atom stereocenters. The molecule has 0 saturated carbocycles. The quantitative estimate of drug-likeness (QED) is 0.586. The third-order valence-electron chi connectivity index (χ3n) is 2.92. The first-order valence-corrected chi connectivity index (χ1v) is 6.75. The summed E-state index contributed by atoms with van der Waals surface area (Å²) in [6, 6.07) is 0. The molecule has 7 heteroatoms. The van der Waals surface area contributed by atoms with Crippen LogP contribution in [-0.2, 0) is 14.8 Å². The van der Waals surface area contributed by atoms with E-state index in [1.165, 1.54) is 0 Å². The summed E-state index contributed by atoms with van der Waals surface area (Å²) in [7, 11) is -3.88. The van der Waals surface area contributed by atoms with Crippen molar-refractivity contribution in [2.75, 3.05) is 6.54 Å². The van der Waals surface area contributed by atoms with E-state index in [2.05, 4.69) is 4.72 Å². The fourth-order valence-corrected chi connectivity index (χ4v) is 2.67. The number of carboxylic acid groups (broad SMARTS) is 1. The lowest BCUT2D eigenvalue weighted by Crippen LogP contribution is -2.55. The lowest BCUT2D eigenvalue weighted by atomic mass is 9.95. The molecule has 0 aromatic carbocycles. The van der Waals surface area contributed by atoms with Gasteiger partial charge in [0.1, 0.15) is 0 Å². The largest absolute Gasteiger partial charge is 0.480 e. The lowest BCUT2D eigenvalue weighted by molar-refractivity contribution is -0.136. The maximum absolute atomic E-state index is 11.7. The van der Waals surface area contributed by atoms with Crippen molar-refractivity contribution in [3.63, 3.8) is 0 Å². The number of hydrogen-bond donors (Lipinski definition) is 3. The minimum Gasteiger partial charge on any atom is -0.480 e. The molecule has 0 amide bonds. The maximum Gasteiger partial charge on any atom is 0.323 e. The average Bonchev–Trinajstić information content (AvgIpc) is 2.24. The summed E-state index contributed by atoms with van der Waals surface area (Å²) in [4.78, 5) is 10.6. The van der Waals surface area contributed by atoms with Gasteiger partial charge >= 0.3 is 5.97 Å². The molecule has 6 nitrogen and oxygen atoms in total. The summed E-state index contributed by atoms with van der Waals surface area (Å²) in [6.07, 6.45) is 1.04. The number of hydrogen-bond acceptors (Lipinski definition) is 4. The standard InChI is InChI=1S/C9H20N2O4S/c1-4-9(5-2,6-10)11-16(14,15)7(3)8(12)13/h7,11H,4-6,10H2,1-3H3,(H,12,13). The number of carboxylic acids is 1. The second-order valence-corrected chi connectivity index (χ2v) is 5.82. The van der Waals surface area contributed by atoms with Crippen LogP contribution in [0.2, 0.25) is 0 Å². The molecule has 0 spiro atoms. The molecule has 0 aliphatic carbocycles. The normalized spacial score (nSPS) is 14.8. The third kappa shape index (κ3) is 3.43. The summed E-state index contributed by atoms with van der Waals surface area (Å²) in [5.41, 5.74) is 4.79. The zero-order valence-corrected chi connectivity index (χ0v) is 10.7. The van der Waals surface area contributed by atoms with Gasteiger partial charge in [-0.2, -0.15) is 0 Å². The summed E-state index contributed by atoms with van der Waals surface area (Å²) < 4.78 is 25.8. The lowest BCUT2D eigenvalue weighted by Gasteiger charge is -2.31. The monoisotopic (exact) mass is 252 g/mol. The highest BCUT2D eigenvalue weighted by Gasteiger charge is 2.35. The van der Waals surface area contributed by atoms with Gasteiger partial charge in [-0.05, 0) is 19.8 Å². The van der Waals surface area contributed by atoms with E-state index in [4.69, 9.17) is 10.8 Å². The van der Waals surface area contributed by atoms with E-state index >= 15 is 0 Å². The van der Waals surface area contributed by atoms with Crippen LogP contribution in [0.1, 0.15) is 33.6 Å². The van der Waals surface area contributed by atoms with Crippen molar-refractivity contribution >= 4 is 16.0 Å². The Morgan fingerprint density at radius 2 is 1.88 bits per heavy atom. The first kappa shape index (κ1) is 15.3. The Labute approximate surface area is 96.3 Å². The van der Waals surface area contributed by atoms with E-state index in [1.807, 2.05) is 13.8 Å². The van der Waals surface area contributed by atoms with E-state index in [0.29, 0.717) is 12.8 Å². The van der Waals surface area contributed by atoms with Gasteiger partial charge in [0.2, 0.25) is 10.0 Å². The van der Waals surface area contributed by atoms with Crippen LogP contribution in [0.5, 0.6) is 0 Å². The first-order valence-electron chi connectivity index (χ1n) is 5.20. The van der Waals surface area contributed by atoms with Gasteiger partial charge in [0.15, 0.2) is 5.25 Å². The minimum atomic E-state index is -3.88. The summed E-state index contributed by atoms with van der Waals surface area (Å²) in [5.74, 6) is -1.37. The average molecular weight is 252 g/mol. The summed E-state index contributed by atoms with van der Waals surface area (Å²) in [6.45, 7) is 4.90. The Bertz CT molecular complexity index is 327. The van der Waals surface area contributed by atoms with Gasteiger partial charge < -0.3 is 10.8 Å². The molecule has 0 saturated heterocycles. The SMILES string of the molecule is CCC(CC)(CN)NS(=O)(=O)C(C)C(=O)O. The zero-order chi connectivity index (χ0) is 13.0. The molecular formula is C9H20N2O4S. The number of rotatable bonds is 7. The van der Waals surface area contributed by atoms with Crippen molar-refractivity contribution in [3.8, 4) is 0 Å². The molecule has 0 bridgehead atoms. The third-order valence-corrected chi connectivity index (χ3v) is 4.77. The van der Waals surface area contributed by atoms with Crippen LogP contribution >= 0.6 is 0 Å². The number of aliphatic carboxylic acids is 1. The molecule has 0 heterocycles. The Kier molecular flexibility index (Phi) is 5.37. The zero-order valence-electron chi connectivity index (χ0n) is 9.86. The fourth-order valence-electron chi connectivity index (χ4n) is 1.25. The Hall–Kier alpha value is -0.660. The molecule has 4 N–H and O–H groups in total. The topological polar surface area (TPSA) is 109 Å². The predicted molar refractivity (Wildman–Crippen MR) is 61.5 cm³/mol. The number of sulfonamides is 1. The van der Waals surface area contributed by atoms with Crippen LogP contribution < -0.4 is 10.5 Å². The second-order valence-electron chi connectivity index (χ2n) is 3.82. The smallest absolute Gasteiger partial charge is 0.323 e. The van der Waals surface area contributed by atoms with Gasteiger partial charge in [0.25, 0.3) is 0 Å². The predicted octanol–water partition coefficient (Wildman–Crippen LogP) is -0.104. The van der Waals surface area contributed by atoms with Crippen molar-refractivity contribution in [2.45, 2.75) is 44.4 Å². The van der Waals surface area contributed by atoms with Crippen LogP contribution in [-0.4, -0.2) is 36.8 Å². The Morgan fingerprint density at radius 3 is 2.12 bits per heavy atom. The molecular weight excluding hydrogens is 232 g/mol. The van der Waals surface area contributed by atoms with E-state index in [-0.39, 0.29) is 6.54 Å². The number of nitrogens with one attached hydrogen (secondary N) is 1. The van der Waals surface area contributed by atoms with Crippen LogP contribution in [0.4, 0.5) is 0 Å². The van der Waals surface area contributed by atoms with Crippen LogP contribution in [0, 0.1) is 0 Å². The van der Waals surface area contributed by atoms with E-state index in [1.54, 1.807) is 0 Å². The van der Waals surface area contributed by atoms with Crippen molar-refractivity contribution in [3.05, 3.63) is 0 Å². The molecule has 0 aliphatic rings. The van der Waals surface area contributed by atoms with Gasteiger partial charge in [-0.25, -0.2) is 13.1 Å². The highest BCUT2D eigenvalue weighted by Crippen LogP contribution is 2.16. The molecule has 96 valence electrons. The van der Waals surface area contributed by atoms with Gasteiger partial charge in [0, 0.05) is 12.1 Å². The van der Waals surface area contributed by atoms with Gasteiger partial charge in [-0.15, -0.1) is 0 Å². The summed E-state index contributed by atoms with van der Waals surface area (Å²) >= 11 is 0. The first-order chi connectivity index (χ1) is 7.24. The highest BCUT2D eigenvalue weighted by molar-refractivity contribution is 7.90. The summed E-state index contributed by atoms with van der Waals surface area (Å²) in [5, 5.41) is 7.21. The molecule has 0 fully saturated rings. The van der Waals surface area contributed by atoms with Crippen molar-refractivity contribution < 1.29 is 18.3 Å². The van der Waals surface area contributed by atoms with Gasteiger partial charge in [0.05, 0.1) is 0 Å². The second kappa shape index (κ2) is 5.60. The maximum atomic E-state index is 11.7. The van der Waals surface area contributed by atoms with Crippen LogP contribution in [0.3, 0.4) is 0 Å². The number of nitrogens with two attached hydrogens (primary N) is 1. The fraction of sp³-hybridized carbons (Fsp3) is 0.889. The Morgan fingerprint density at radius 1 is 1.44 bits per heavy atom. The molecule has 0 aromatic heterocycles.